The van der Waals surface area contributed by atoms with Crippen LogP contribution in [0.2, 0.25) is 5.15 Å². The van der Waals surface area contributed by atoms with Crippen LogP contribution < -0.4 is 14.8 Å². The molecule has 0 unspecified atom stereocenters. The highest BCUT2D eigenvalue weighted by Gasteiger charge is 2.51. The third-order valence-corrected chi connectivity index (χ3v) is 5.84. The number of aromatic amines is 1. The number of hydrogen-bond acceptors (Lipinski definition) is 4. The quantitative estimate of drug-likeness (QED) is 0.669. The highest BCUT2D eigenvalue weighted by molar-refractivity contribution is 6.30. The van der Waals surface area contributed by atoms with E-state index in [2.05, 4.69) is 10.3 Å². The average Bonchev–Trinajstić information content (AvgIpc) is 3.09. The molecule has 8 heteroatoms. The Balaban J connectivity index is 1.20. The lowest BCUT2D eigenvalue weighted by atomic mass is 9.84. The van der Waals surface area contributed by atoms with Crippen LogP contribution in [-0.2, 0) is 6.54 Å². The molecule has 3 heterocycles. The molecule has 2 aliphatic rings. The predicted octanol–water partition coefficient (Wildman–Crippen LogP) is 3.76. The van der Waals surface area contributed by atoms with Gasteiger partial charge in [-0.15, -0.1) is 0 Å². The van der Waals surface area contributed by atoms with Crippen LogP contribution in [0.3, 0.4) is 0 Å². The smallest absolute Gasteiger partial charge is 0.317 e. The van der Waals surface area contributed by atoms with Crippen LogP contribution in [0.15, 0.2) is 42.5 Å². The van der Waals surface area contributed by atoms with Crippen molar-refractivity contribution in [3.8, 4) is 11.5 Å². The molecule has 30 heavy (non-hydrogen) atoms. The van der Waals surface area contributed by atoms with Crippen molar-refractivity contribution in [2.75, 3.05) is 20.2 Å². The summed E-state index contributed by atoms with van der Waals surface area (Å²) in [7, 11) is 1.56. The molecule has 2 amide bonds. The van der Waals surface area contributed by atoms with E-state index in [9.17, 15) is 9.59 Å². The fraction of sp³-hybridized carbons (Fsp3) is 0.273. The minimum absolute atomic E-state index is 0.00803. The number of carbonyl (C=O) groups is 2. The molecule has 1 spiro atoms. The molecule has 154 valence electrons. The number of methoxy groups -OCH3 is 1. The number of ketones is 1. The average molecular weight is 426 g/mol. The summed E-state index contributed by atoms with van der Waals surface area (Å²) in [4.78, 5) is 29.8. The van der Waals surface area contributed by atoms with Gasteiger partial charge in [0.05, 0.1) is 32.2 Å². The number of aromatic nitrogens is 1. The number of fused-ring (bicyclic) bond motifs is 2. The number of likely N-dealkylation sites (tertiary alicyclic amines) is 1. The molecule has 1 fully saturated rings. The van der Waals surface area contributed by atoms with Crippen molar-refractivity contribution in [1.29, 1.82) is 0 Å². The molecule has 2 aromatic carbocycles. The Morgan fingerprint density at radius 1 is 1.27 bits per heavy atom. The first-order chi connectivity index (χ1) is 14.4. The Kier molecular flexibility index (Phi) is 4.36. The summed E-state index contributed by atoms with van der Waals surface area (Å²) in [6.07, 6.45) is 0.252. The highest BCUT2D eigenvalue weighted by Crippen LogP contribution is 2.40. The minimum atomic E-state index is -0.642. The van der Waals surface area contributed by atoms with E-state index in [0.29, 0.717) is 41.8 Å². The van der Waals surface area contributed by atoms with E-state index in [1.807, 2.05) is 24.3 Å². The van der Waals surface area contributed by atoms with Gasteiger partial charge in [-0.25, -0.2) is 4.79 Å². The molecule has 0 aliphatic carbocycles. The zero-order valence-corrected chi connectivity index (χ0v) is 17.1. The Hall–Kier alpha value is -3.19. The Morgan fingerprint density at radius 3 is 2.90 bits per heavy atom. The van der Waals surface area contributed by atoms with Gasteiger partial charge in [0.1, 0.15) is 16.7 Å². The summed E-state index contributed by atoms with van der Waals surface area (Å²) in [6, 6.07) is 12.8. The van der Waals surface area contributed by atoms with Gasteiger partial charge < -0.3 is 24.7 Å². The minimum Gasteiger partial charge on any atom is -0.497 e. The third-order valence-electron chi connectivity index (χ3n) is 5.64. The lowest BCUT2D eigenvalue weighted by Gasteiger charge is -2.50. The molecule has 2 aliphatic heterocycles. The SMILES string of the molecule is COc1ccc2c(c1)C(=O)CC1(CN(C(=O)NCc3ccc4[nH]c(Cl)cc4c3)C1)O2. The number of ether oxygens (including phenoxy) is 2. The van der Waals surface area contributed by atoms with Crippen molar-refractivity contribution in [2.45, 2.75) is 18.6 Å². The van der Waals surface area contributed by atoms with Crippen LogP contribution in [0.25, 0.3) is 10.9 Å². The van der Waals surface area contributed by atoms with Gasteiger partial charge in [0.2, 0.25) is 0 Å². The third kappa shape index (κ3) is 3.25. The fourth-order valence-electron chi connectivity index (χ4n) is 4.12. The normalized spacial score (nSPS) is 16.7. The Morgan fingerprint density at radius 2 is 2.10 bits per heavy atom. The monoisotopic (exact) mass is 425 g/mol. The lowest BCUT2D eigenvalue weighted by Crippen LogP contribution is -2.69. The molecule has 3 aromatic rings. The number of benzene rings is 2. The maximum Gasteiger partial charge on any atom is 0.317 e. The van der Waals surface area contributed by atoms with Gasteiger partial charge in [0.15, 0.2) is 11.4 Å². The van der Waals surface area contributed by atoms with E-state index in [0.717, 1.165) is 16.5 Å². The number of amides is 2. The summed E-state index contributed by atoms with van der Waals surface area (Å²) < 4.78 is 11.3. The first-order valence-electron chi connectivity index (χ1n) is 9.65. The highest BCUT2D eigenvalue weighted by atomic mass is 35.5. The zero-order valence-electron chi connectivity index (χ0n) is 16.3. The second-order valence-electron chi connectivity index (χ2n) is 7.80. The Labute approximate surface area is 177 Å². The maximum atomic E-state index is 12.6. The molecule has 1 aromatic heterocycles. The van der Waals surface area contributed by atoms with E-state index in [-0.39, 0.29) is 18.2 Å². The number of nitrogens with one attached hydrogen (secondary N) is 2. The fourth-order valence-corrected chi connectivity index (χ4v) is 4.33. The molecule has 0 radical (unpaired) electrons. The second-order valence-corrected chi connectivity index (χ2v) is 8.21. The number of hydrogen-bond donors (Lipinski definition) is 2. The molecule has 0 bridgehead atoms. The van der Waals surface area contributed by atoms with Gasteiger partial charge in [-0.05, 0) is 42.0 Å². The topological polar surface area (TPSA) is 83.7 Å². The molecule has 5 rings (SSSR count). The molecule has 7 nitrogen and oxygen atoms in total. The van der Waals surface area contributed by atoms with E-state index < -0.39 is 5.60 Å². The lowest BCUT2D eigenvalue weighted by molar-refractivity contribution is -0.0597. The molecular weight excluding hydrogens is 406 g/mol. The van der Waals surface area contributed by atoms with Crippen LogP contribution in [0.5, 0.6) is 11.5 Å². The number of halogens is 1. The molecule has 2 N–H and O–H groups in total. The summed E-state index contributed by atoms with van der Waals surface area (Å²) in [5.41, 5.74) is 1.82. The number of Topliss-reactive ketones (excluding diaryl/α,β-unsaturated/α-hetero) is 1. The number of nitrogens with zero attached hydrogens (tertiary/aromatic N) is 1. The maximum absolute atomic E-state index is 12.6. The van der Waals surface area contributed by atoms with Crippen molar-refractivity contribution in [3.05, 3.63) is 58.7 Å². The van der Waals surface area contributed by atoms with E-state index >= 15 is 0 Å². The van der Waals surface area contributed by atoms with Crippen molar-refractivity contribution >= 4 is 34.3 Å². The van der Waals surface area contributed by atoms with Crippen LogP contribution in [0, 0.1) is 0 Å². The van der Waals surface area contributed by atoms with Crippen LogP contribution in [0.1, 0.15) is 22.3 Å². The number of urea groups is 1. The van der Waals surface area contributed by atoms with E-state index in [1.165, 1.54) is 0 Å². The molecule has 1 saturated heterocycles. The molecular formula is C22H20ClN3O4. The van der Waals surface area contributed by atoms with Crippen molar-refractivity contribution in [2.24, 2.45) is 0 Å². The van der Waals surface area contributed by atoms with Gasteiger partial charge in [0.25, 0.3) is 0 Å². The van der Waals surface area contributed by atoms with Crippen LogP contribution >= 0.6 is 11.6 Å². The van der Waals surface area contributed by atoms with Gasteiger partial charge in [-0.1, -0.05) is 17.7 Å². The van der Waals surface area contributed by atoms with Gasteiger partial charge in [-0.2, -0.15) is 0 Å². The molecule has 0 saturated carbocycles. The number of H-pyrrole nitrogens is 1. The van der Waals surface area contributed by atoms with Crippen molar-refractivity contribution in [3.63, 3.8) is 0 Å². The first kappa shape index (κ1) is 18.8. The summed E-state index contributed by atoms with van der Waals surface area (Å²) in [5, 5.41) is 4.51. The van der Waals surface area contributed by atoms with Crippen molar-refractivity contribution in [1.82, 2.24) is 15.2 Å². The van der Waals surface area contributed by atoms with Gasteiger partial charge in [-0.3, -0.25) is 4.79 Å². The zero-order chi connectivity index (χ0) is 20.9. The summed E-state index contributed by atoms with van der Waals surface area (Å²) in [6.45, 7) is 1.16. The molecule has 0 atom stereocenters. The van der Waals surface area contributed by atoms with Crippen LogP contribution in [0.4, 0.5) is 4.79 Å². The largest absolute Gasteiger partial charge is 0.497 e. The van der Waals surface area contributed by atoms with Crippen molar-refractivity contribution < 1.29 is 19.1 Å². The van der Waals surface area contributed by atoms with E-state index in [1.54, 1.807) is 30.2 Å². The standard InChI is InChI=1S/C22H20ClN3O4/c1-29-15-3-5-19-16(8-15)18(27)9-22(30-19)11-26(12-22)21(28)24-10-13-2-4-17-14(6-13)7-20(23)25-17/h2-8,25H,9-12H2,1H3,(H,24,28). The van der Waals surface area contributed by atoms with Gasteiger partial charge in [0, 0.05) is 17.4 Å². The number of carbonyl (C=O) groups excluding carboxylic acids is 2. The summed E-state index contributed by atoms with van der Waals surface area (Å²) >= 11 is 5.98. The van der Waals surface area contributed by atoms with Gasteiger partial charge >= 0.3 is 6.03 Å². The second kappa shape index (κ2) is 6.95. The first-order valence-corrected chi connectivity index (χ1v) is 10.0. The van der Waals surface area contributed by atoms with E-state index in [4.69, 9.17) is 21.1 Å². The summed E-state index contributed by atoms with van der Waals surface area (Å²) in [5.74, 6) is 1.18. The van der Waals surface area contributed by atoms with Crippen LogP contribution in [-0.4, -0.2) is 47.5 Å². The predicted molar refractivity (Wildman–Crippen MR) is 112 cm³/mol. The number of rotatable bonds is 3. The Bertz CT molecular complexity index is 1170.